The quantitative estimate of drug-likeness (QED) is 0.357. The number of nitrogens with two attached hydrogens (primary N) is 2. The van der Waals surface area contributed by atoms with Crippen LogP contribution < -0.4 is 26.8 Å². The van der Waals surface area contributed by atoms with Crippen LogP contribution in [0.25, 0.3) is 5.70 Å². The number of likely N-dealkylation sites (N-methyl/N-ethyl adjacent to an activating group) is 1. The number of allylic oxidation sites excluding steroid dienone is 1. The summed E-state index contributed by atoms with van der Waals surface area (Å²) < 4.78 is 11.1. The number of rotatable bonds is 11. The lowest BCUT2D eigenvalue weighted by atomic mass is 10.1. The summed E-state index contributed by atoms with van der Waals surface area (Å²) in [5, 5.41) is 6.17. The number of anilines is 1. The average Bonchev–Trinajstić information content (AvgIpc) is 3.37. The van der Waals surface area contributed by atoms with Gasteiger partial charge < -0.3 is 36.5 Å². The zero-order valence-electron chi connectivity index (χ0n) is 21.0. The van der Waals surface area contributed by atoms with Crippen molar-refractivity contribution < 1.29 is 14.3 Å². The molecule has 1 aromatic carbocycles. The molecule has 1 saturated carbocycles. The van der Waals surface area contributed by atoms with Gasteiger partial charge in [0.2, 0.25) is 5.91 Å². The zero-order chi connectivity index (χ0) is 25.2. The lowest BCUT2D eigenvalue weighted by molar-refractivity contribution is -0.122. The van der Waals surface area contributed by atoms with E-state index in [0.717, 1.165) is 29.8 Å². The number of carbonyl (C=O) groups excluding carboxylic acids is 1. The predicted molar refractivity (Wildman–Crippen MR) is 141 cm³/mol. The third-order valence-corrected chi connectivity index (χ3v) is 6.25. The van der Waals surface area contributed by atoms with Crippen LogP contribution in [0.15, 0.2) is 52.9 Å². The van der Waals surface area contributed by atoms with E-state index in [4.69, 9.17) is 20.9 Å². The van der Waals surface area contributed by atoms with E-state index in [1.807, 2.05) is 49.3 Å². The van der Waals surface area contributed by atoms with Crippen molar-refractivity contribution in [2.45, 2.75) is 44.6 Å². The molecule has 0 radical (unpaired) electrons. The van der Waals surface area contributed by atoms with Crippen molar-refractivity contribution in [3.8, 4) is 5.75 Å². The number of aliphatic imine (C=N–C) groups is 1. The number of hydrogen-bond acceptors (Lipinski definition) is 8. The van der Waals surface area contributed by atoms with Crippen LogP contribution in [0.1, 0.15) is 44.1 Å². The maximum absolute atomic E-state index is 11.9. The van der Waals surface area contributed by atoms with Gasteiger partial charge in [0.05, 0.1) is 43.6 Å². The smallest absolute Gasteiger partial charge is 0.222 e. The molecule has 9 nitrogen and oxygen atoms in total. The van der Waals surface area contributed by atoms with Crippen LogP contribution in [-0.2, 0) is 9.53 Å². The highest BCUT2D eigenvalue weighted by Crippen LogP contribution is 2.30. The summed E-state index contributed by atoms with van der Waals surface area (Å²) in [6.07, 6.45) is 11.4. The first-order valence-corrected chi connectivity index (χ1v) is 12.1. The van der Waals surface area contributed by atoms with E-state index in [9.17, 15) is 4.79 Å². The van der Waals surface area contributed by atoms with E-state index in [2.05, 4.69) is 15.6 Å². The molecule has 1 aromatic rings. The summed E-state index contributed by atoms with van der Waals surface area (Å²) in [7, 11) is 5.35. The Morgan fingerprint density at radius 3 is 2.77 bits per heavy atom. The molecule has 35 heavy (non-hydrogen) atoms. The maximum Gasteiger partial charge on any atom is 0.222 e. The van der Waals surface area contributed by atoms with Gasteiger partial charge in [-0.3, -0.25) is 4.79 Å². The van der Waals surface area contributed by atoms with Crippen molar-refractivity contribution in [1.82, 2.24) is 10.2 Å². The van der Waals surface area contributed by atoms with E-state index < -0.39 is 0 Å². The normalized spacial score (nSPS) is 17.9. The molecule has 2 aliphatic rings. The number of hydrogen-bond donors (Lipinski definition) is 4. The lowest BCUT2D eigenvalue weighted by Crippen LogP contribution is -2.33. The first-order valence-electron chi connectivity index (χ1n) is 12.1. The fourth-order valence-electron chi connectivity index (χ4n) is 4.25. The van der Waals surface area contributed by atoms with Crippen LogP contribution in [0.5, 0.6) is 5.75 Å². The second kappa shape index (κ2) is 12.9. The highest BCUT2D eigenvalue weighted by atomic mass is 16.5. The topological polar surface area (TPSA) is 127 Å². The van der Waals surface area contributed by atoms with E-state index in [1.54, 1.807) is 13.3 Å². The van der Waals surface area contributed by atoms with Crippen molar-refractivity contribution in [3.63, 3.8) is 0 Å². The zero-order valence-corrected chi connectivity index (χ0v) is 21.0. The SMILES string of the molecule is CNc1ccc(/C(N)=C2\C(N)=NC=C(/C=C/CCOCCC(=O)NC3CCCC3)N2C)cc1OC. The van der Waals surface area contributed by atoms with Gasteiger partial charge in [0.25, 0.3) is 0 Å². The van der Waals surface area contributed by atoms with E-state index in [0.29, 0.717) is 55.1 Å². The molecule has 0 atom stereocenters. The maximum atomic E-state index is 11.9. The van der Waals surface area contributed by atoms with Gasteiger partial charge in [-0.2, -0.15) is 0 Å². The van der Waals surface area contributed by atoms with Crippen LogP contribution in [0, 0.1) is 0 Å². The number of nitrogens with zero attached hydrogens (tertiary/aromatic N) is 2. The van der Waals surface area contributed by atoms with Crippen LogP contribution >= 0.6 is 0 Å². The molecule has 6 N–H and O–H groups in total. The minimum absolute atomic E-state index is 0.0759. The van der Waals surface area contributed by atoms with Crippen LogP contribution in [0.3, 0.4) is 0 Å². The third kappa shape index (κ3) is 7.02. The summed E-state index contributed by atoms with van der Waals surface area (Å²) in [5.74, 6) is 1.11. The average molecular weight is 483 g/mol. The Morgan fingerprint density at radius 2 is 2.06 bits per heavy atom. The molecule has 1 aliphatic carbocycles. The van der Waals surface area contributed by atoms with E-state index in [1.165, 1.54) is 12.8 Å². The molecular formula is C26H38N6O3. The fourth-order valence-corrected chi connectivity index (χ4v) is 4.25. The molecule has 0 unspecified atom stereocenters. The number of amides is 1. The summed E-state index contributed by atoms with van der Waals surface area (Å²) in [6, 6.07) is 6.05. The molecule has 0 bridgehead atoms. The summed E-state index contributed by atoms with van der Waals surface area (Å²) >= 11 is 0. The van der Waals surface area contributed by atoms with Crippen LogP contribution in [0.4, 0.5) is 5.69 Å². The van der Waals surface area contributed by atoms with Gasteiger partial charge in [0.1, 0.15) is 17.3 Å². The Morgan fingerprint density at radius 1 is 1.29 bits per heavy atom. The molecule has 0 saturated heterocycles. The van der Waals surface area contributed by atoms with E-state index >= 15 is 0 Å². The summed E-state index contributed by atoms with van der Waals surface area (Å²) in [6.45, 7) is 0.965. The number of methoxy groups -OCH3 is 1. The first-order chi connectivity index (χ1) is 16.9. The van der Waals surface area contributed by atoms with Crippen molar-refractivity contribution in [2.75, 3.05) is 39.7 Å². The Bertz CT molecular complexity index is 1010. The van der Waals surface area contributed by atoms with Gasteiger partial charge in [-0.1, -0.05) is 25.0 Å². The van der Waals surface area contributed by atoms with Gasteiger partial charge >= 0.3 is 0 Å². The van der Waals surface area contributed by atoms with Crippen LogP contribution in [0.2, 0.25) is 0 Å². The largest absolute Gasteiger partial charge is 0.495 e. The number of benzene rings is 1. The number of ether oxygens (including phenoxy) is 2. The second-order valence-electron chi connectivity index (χ2n) is 8.66. The number of nitrogens with one attached hydrogen (secondary N) is 2. The van der Waals surface area contributed by atoms with Crippen molar-refractivity contribution in [1.29, 1.82) is 0 Å². The minimum Gasteiger partial charge on any atom is -0.495 e. The second-order valence-corrected chi connectivity index (χ2v) is 8.66. The van der Waals surface area contributed by atoms with Crippen LogP contribution in [-0.4, -0.2) is 57.1 Å². The third-order valence-electron chi connectivity index (χ3n) is 6.25. The Hall–Kier alpha value is -3.46. The molecule has 9 heteroatoms. The molecule has 1 fully saturated rings. The molecule has 1 heterocycles. The Kier molecular flexibility index (Phi) is 9.60. The summed E-state index contributed by atoms with van der Waals surface area (Å²) in [4.78, 5) is 18.2. The Labute approximate surface area is 207 Å². The first kappa shape index (κ1) is 26.2. The lowest BCUT2D eigenvalue weighted by Gasteiger charge is -2.28. The monoisotopic (exact) mass is 482 g/mol. The Balaban J connectivity index is 1.52. The molecule has 0 spiro atoms. The molecule has 1 amide bonds. The standard InChI is InChI=1S/C26H38N6O3/c1-29-21-12-11-18(16-22(21)34-3)24(27)25-26(28)30-17-20(32(25)2)10-6-7-14-35-15-13-23(33)31-19-8-4-5-9-19/h6,10-12,16-17,19,29H,4-5,7-9,13-15,27H2,1-3H3,(H2,28,30)(H,31,33)/b10-6+,25-24-. The van der Waals surface area contributed by atoms with Crippen molar-refractivity contribution in [3.05, 3.63) is 53.5 Å². The van der Waals surface area contributed by atoms with Crippen molar-refractivity contribution >= 4 is 23.1 Å². The molecule has 1 aliphatic heterocycles. The molecule has 0 aromatic heterocycles. The fraction of sp³-hybridized carbons (Fsp3) is 0.462. The van der Waals surface area contributed by atoms with Gasteiger partial charge in [-0.25, -0.2) is 4.99 Å². The summed E-state index contributed by atoms with van der Waals surface area (Å²) in [5.41, 5.74) is 16.4. The van der Waals surface area contributed by atoms with Gasteiger partial charge in [0.15, 0.2) is 0 Å². The number of amidine groups is 1. The molecular weight excluding hydrogens is 444 g/mol. The molecule has 190 valence electrons. The van der Waals surface area contributed by atoms with E-state index in [-0.39, 0.29) is 5.91 Å². The highest BCUT2D eigenvalue weighted by Gasteiger charge is 2.21. The molecule has 3 rings (SSSR count). The highest BCUT2D eigenvalue weighted by molar-refractivity contribution is 6.04. The van der Waals surface area contributed by atoms with Gasteiger partial charge in [0, 0.05) is 32.1 Å². The minimum atomic E-state index is 0.0759. The predicted octanol–water partition coefficient (Wildman–Crippen LogP) is 2.92. The number of carbonyl (C=O) groups is 1. The van der Waals surface area contributed by atoms with Crippen molar-refractivity contribution in [2.24, 2.45) is 16.5 Å². The van der Waals surface area contributed by atoms with Gasteiger partial charge in [-0.05, 0) is 37.5 Å². The van der Waals surface area contributed by atoms with Gasteiger partial charge in [-0.15, -0.1) is 0 Å².